The summed E-state index contributed by atoms with van der Waals surface area (Å²) in [5, 5.41) is 11.9. The molecular formula is C17H28N4. The molecular weight excluding hydrogens is 260 g/mol. The van der Waals surface area contributed by atoms with Crippen LogP contribution in [-0.4, -0.2) is 40.8 Å². The molecule has 1 saturated heterocycles. The van der Waals surface area contributed by atoms with Gasteiger partial charge in [-0.25, -0.2) is 0 Å². The van der Waals surface area contributed by atoms with Crippen LogP contribution in [0.15, 0.2) is 12.1 Å². The molecule has 1 N–H and O–H groups in total. The van der Waals surface area contributed by atoms with Gasteiger partial charge in [0.25, 0.3) is 0 Å². The molecule has 21 heavy (non-hydrogen) atoms. The number of nitrogens with zero attached hydrogens (tertiary/aromatic N) is 3. The lowest BCUT2D eigenvalue weighted by Crippen LogP contribution is -2.44. The molecule has 1 aliphatic heterocycles. The van der Waals surface area contributed by atoms with E-state index in [4.69, 9.17) is 0 Å². The van der Waals surface area contributed by atoms with Gasteiger partial charge in [-0.1, -0.05) is 19.3 Å². The zero-order chi connectivity index (χ0) is 14.5. The second-order valence-corrected chi connectivity index (χ2v) is 6.81. The molecule has 2 fully saturated rings. The van der Waals surface area contributed by atoms with Crippen LogP contribution in [-0.2, 0) is 0 Å². The van der Waals surface area contributed by atoms with Crippen LogP contribution < -0.4 is 5.32 Å². The molecule has 0 amide bonds. The minimum Gasteiger partial charge on any atom is -0.365 e. The fourth-order valence-corrected chi connectivity index (χ4v) is 3.76. The summed E-state index contributed by atoms with van der Waals surface area (Å²) in [7, 11) is 0. The number of rotatable bonds is 4. The number of aryl methyl sites for hydroxylation is 1. The third kappa shape index (κ3) is 4.40. The van der Waals surface area contributed by atoms with Crippen molar-refractivity contribution >= 4 is 5.82 Å². The number of nitrogens with one attached hydrogen (secondary N) is 1. The quantitative estimate of drug-likeness (QED) is 0.923. The highest BCUT2D eigenvalue weighted by atomic mass is 15.2. The summed E-state index contributed by atoms with van der Waals surface area (Å²) in [5.74, 6) is 1.86. The van der Waals surface area contributed by atoms with Crippen molar-refractivity contribution in [3.05, 3.63) is 17.8 Å². The highest BCUT2D eigenvalue weighted by Gasteiger charge is 2.23. The Kier molecular flexibility index (Phi) is 5.07. The molecule has 1 aromatic rings. The van der Waals surface area contributed by atoms with Crippen LogP contribution in [0.5, 0.6) is 0 Å². The topological polar surface area (TPSA) is 41.0 Å². The zero-order valence-corrected chi connectivity index (χ0v) is 13.2. The predicted octanol–water partition coefficient (Wildman–Crippen LogP) is 3.24. The van der Waals surface area contributed by atoms with Crippen molar-refractivity contribution < 1.29 is 0 Å². The highest BCUT2D eigenvalue weighted by molar-refractivity contribution is 5.34. The summed E-state index contributed by atoms with van der Waals surface area (Å²) in [5.41, 5.74) is 0.975. The Bertz CT molecular complexity index is 425. The van der Waals surface area contributed by atoms with Gasteiger partial charge < -0.3 is 10.2 Å². The van der Waals surface area contributed by atoms with Crippen LogP contribution in [0.1, 0.15) is 50.6 Å². The molecule has 2 aliphatic rings. The Morgan fingerprint density at radius 3 is 2.71 bits per heavy atom. The van der Waals surface area contributed by atoms with Crippen LogP contribution in [0.3, 0.4) is 0 Å². The van der Waals surface area contributed by atoms with E-state index in [0.29, 0.717) is 6.04 Å². The van der Waals surface area contributed by atoms with Gasteiger partial charge in [-0.2, -0.15) is 5.10 Å². The Balaban J connectivity index is 1.49. The van der Waals surface area contributed by atoms with Gasteiger partial charge >= 0.3 is 0 Å². The summed E-state index contributed by atoms with van der Waals surface area (Å²) in [6.07, 6.45) is 9.77. The van der Waals surface area contributed by atoms with Crippen LogP contribution in [0.4, 0.5) is 5.82 Å². The Labute approximate surface area is 128 Å². The van der Waals surface area contributed by atoms with Gasteiger partial charge in [0.15, 0.2) is 0 Å². The van der Waals surface area contributed by atoms with E-state index >= 15 is 0 Å². The first kappa shape index (κ1) is 14.8. The van der Waals surface area contributed by atoms with Crippen molar-refractivity contribution in [2.24, 2.45) is 5.92 Å². The molecule has 0 radical (unpaired) electrons. The maximum atomic E-state index is 4.23. The number of anilines is 1. The monoisotopic (exact) mass is 288 g/mol. The number of aromatic nitrogens is 2. The molecule has 0 aromatic carbocycles. The molecule has 3 rings (SSSR count). The van der Waals surface area contributed by atoms with E-state index in [0.717, 1.165) is 24.0 Å². The van der Waals surface area contributed by atoms with E-state index in [2.05, 4.69) is 20.4 Å². The zero-order valence-electron chi connectivity index (χ0n) is 13.2. The summed E-state index contributed by atoms with van der Waals surface area (Å²) < 4.78 is 0. The van der Waals surface area contributed by atoms with E-state index in [1.165, 1.54) is 58.0 Å². The smallest absolute Gasteiger partial charge is 0.148 e. The number of hydrogen-bond acceptors (Lipinski definition) is 4. The lowest BCUT2D eigenvalue weighted by molar-refractivity contribution is 0.166. The van der Waals surface area contributed by atoms with Crippen LogP contribution in [0, 0.1) is 12.8 Å². The summed E-state index contributed by atoms with van der Waals surface area (Å²) in [4.78, 5) is 2.67. The van der Waals surface area contributed by atoms with Gasteiger partial charge in [-0.15, -0.1) is 5.10 Å². The molecule has 1 atom stereocenters. The fraction of sp³-hybridized carbons (Fsp3) is 0.765. The first-order valence-corrected chi connectivity index (χ1v) is 8.59. The van der Waals surface area contributed by atoms with E-state index in [-0.39, 0.29) is 0 Å². The van der Waals surface area contributed by atoms with Crippen molar-refractivity contribution in [3.63, 3.8) is 0 Å². The Morgan fingerprint density at radius 1 is 1.10 bits per heavy atom. The third-order valence-electron chi connectivity index (χ3n) is 4.90. The van der Waals surface area contributed by atoms with Crippen molar-refractivity contribution in [3.8, 4) is 0 Å². The van der Waals surface area contributed by atoms with Gasteiger partial charge in [0.05, 0.1) is 5.69 Å². The minimum absolute atomic E-state index is 0.527. The minimum atomic E-state index is 0.527. The van der Waals surface area contributed by atoms with Gasteiger partial charge in [-0.05, 0) is 57.2 Å². The average molecular weight is 288 g/mol. The Morgan fingerprint density at radius 2 is 1.95 bits per heavy atom. The molecule has 2 heterocycles. The largest absolute Gasteiger partial charge is 0.365 e. The number of piperidine rings is 1. The maximum Gasteiger partial charge on any atom is 0.148 e. The first-order chi connectivity index (χ1) is 10.3. The molecule has 1 saturated carbocycles. The van der Waals surface area contributed by atoms with Crippen molar-refractivity contribution in [2.45, 2.75) is 57.9 Å². The average Bonchev–Trinajstić information content (AvgIpc) is 2.51. The normalized spacial score (nSPS) is 24.9. The van der Waals surface area contributed by atoms with Crippen molar-refractivity contribution in [1.29, 1.82) is 0 Å². The van der Waals surface area contributed by atoms with E-state index in [9.17, 15) is 0 Å². The van der Waals surface area contributed by atoms with Crippen LogP contribution in [0.2, 0.25) is 0 Å². The van der Waals surface area contributed by atoms with Gasteiger partial charge in [0, 0.05) is 19.1 Å². The molecule has 1 aliphatic carbocycles. The van der Waals surface area contributed by atoms with Crippen LogP contribution >= 0.6 is 0 Å². The number of hydrogen-bond donors (Lipinski definition) is 1. The van der Waals surface area contributed by atoms with Crippen LogP contribution in [0.25, 0.3) is 0 Å². The van der Waals surface area contributed by atoms with Crippen molar-refractivity contribution in [2.75, 3.05) is 25.0 Å². The van der Waals surface area contributed by atoms with Crippen molar-refractivity contribution in [1.82, 2.24) is 15.1 Å². The SMILES string of the molecule is Cc1ccc(NC2CCCN(CC3CCCCC3)C2)nn1. The second-order valence-electron chi connectivity index (χ2n) is 6.81. The van der Waals surface area contributed by atoms with E-state index < -0.39 is 0 Å². The summed E-state index contributed by atoms with van der Waals surface area (Å²) >= 11 is 0. The van der Waals surface area contributed by atoms with E-state index in [1.54, 1.807) is 0 Å². The maximum absolute atomic E-state index is 4.23. The first-order valence-electron chi connectivity index (χ1n) is 8.59. The predicted molar refractivity (Wildman–Crippen MR) is 86.4 cm³/mol. The summed E-state index contributed by atoms with van der Waals surface area (Å²) in [6, 6.07) is 4.60. The molecule has 116 valence electrons. The molecule has 4 nitrogen and oxygen atoms in total. The lowest BCUT2D eigenvalue weighted by Gasteiger charge is -2.36. The van der Waals surface area contributed by atoms with Gasteiger partial charge in [0.2, 0.25) is 0 Å². The molecule has 0 spiro atoms. The lowest BCUT2D eigenvalue weighted by atomic mass is 9.88. The van der Waals surface area contributed by atoms with E-state index in [1.807, 2.05) is 19.1 Å². The fourth-order valence-electron chi connectivity index (χ4n) is 3.76. The number of likely N-dealkylation sites (tertiary alicyclic amines) is 1. The third-order valence-corrected chi connectivity index (χ3v) is 4.90. The summed E-state index contributed by atoms with van der Waals surface area (Å²) in [6.45, 7) is 5.71. The molecule has 1 aromatic heterocycles. The second kappa shape index (κ2) is 7.21. The molecule has 0 bridgehead atoms. The van der Waals surface area contributed by atoms with Gasteiger partial charge in [-0.3, -0.25) is 0 Å². The van der Waals surface area contributed by atoms with Gasteiger partial charge in [0.1, 0.15) is 5.82 Å². The standard InChI is InChI=1S/C17H28N4/c1-14-9-10-17(20-19-14)18-16-8-5-11-21(13-16)12-15-6-3-2-4-7-15/h9-10,15-16H,2-8,11-13H2,1H3,(H,18,20). The Hall–Kier alpha value is -1.16. The molecule has 1 unspecified atom stereocenters. The highest BCUT2D eigenvalue weighted by Crippen LogP contribution is 2.25. The molecule has 4 heteroatoms.